The van der Waals surface area contributed by atoms with Gasteiger partial charge in [0, 0.05) is 26.2 Å². The highest BCUT2D eigenvalue weighted by Crippen LogP contribution is 2.28. The van der Waals surface area contributed by atoms with Crippen LogP contribution in [0.15, 0.2) is 22.8 Å². The van der Waals surface area contributed by atoms with Gasteiger partial charge in [-0.05, 0) is 25.0 Å². The van der Waals surface area contributed by atoms with Gasteiger partial charge in [0.1, 0.15) is 5.76 Å². The van der Waals surface area contributed by atoms with Crippen LogP contribution in [-0.4, -0.2) is 37.2 Å². The number of furan rings is 1. The molecule has 1 fully saturated rings. The van der Waals surface area contributed by atoms with E-state index in [4.69, 9.17) is 14.9 Å². The maximum absolute atomic E-state index is 5.65. The first-order valence-electron chi connectivity index (χ1n) is 5.82. The number of nitrogens with zero attached hydrogens (tertiary/aromatic N) is 1. The van der Waals surface area contributed by atoms with Crippen LogP contribution in [-0.2, 0) is 11.3 Å². The lowest BCUT2D eigenvalue weighted by Gasteiger charge is -2.25. The van der Waals surface area contributed by atoms with Gasteiger partial charge in [0.05, 0.1) is 18.9 Å². The molecule has 1 saturated carbocycles. The Kier molecular flexibility index (Phi) is 3.98. The van der Waals surface area contributed by atoms with E-state index in [-0.39, 0.29) is 6.10 Å². The van der Waals surface area contributed by atoms with Crippen molar-refractivity contribution in [3.05, 3.63) is 24.2 Å². The van der Waals surface area contributed by atoms with Crippen LogP contribution < -0.4 is 5.73 Å². The van der Waals surface area contributed by atoms with Crippen LogP contribution in [0.2, 0.25) is 0 Å². The Morgan fingerprint density at radius 3 is 2.94 bits per heavy atom. The van der Waals surface area contributed by atoms with Gasteiger partial charge in [-0.3, -0.25) is 4.90 Å². The highest BCUT2D eigenvalue weighted by molar-refractivity contribution is 5.00. The lowest BCUT2D eigenvalue weighted by atomic mass is 10.3. The second-order valence-electron chi connectivity index (χ2n) is 4.33. The topological polar surface area (TPSA) is 51.6 Å². The van der Waals surface area contributed by atoms with Gasteiger partial charge in [-0.2, -0.15) is 0 Å². The van der Waals surface area contributed by atoms with Crippen molar-refractivity contribution < 1.29 is 9.15 Å². The number of hydrogen-bond donors (Lipinski definition) is 1. The van der Waals surface area contributed by atoms with Crippen LogP contribution in [0.4, 0.5) is 0 Å². The molecule has 2 rings (SSSR count). The fraction of sp³-hybridized carbons (Fsp3) is 0.667. The number of hydrogen-bond acceptors (Lipinski definition) is 4. The van der Waals surface area contributed by atoms with Gasteiger partial charge in [-0.15, -0.1) is 0 Å². The van der Waals surface area contributed by atoms with Crippen LogP contribution in [0.3, 0.4) is 0 Å². The van der Waals surface area contributed by atoms with Crippen molar-refractivity contribution in [2.75, 3.05) is 20.2 Å². The summed E-state index contributed by atoms with van der Waals surface area (Å²) < 4.78 is 10.7. The molecule has 4 heteroatoms. The highest BCUT2D eigenvalue weighted by atomic mass is 16.5. The van der Waals surface area contributed by atoms with Gasteiger partial charge in [0.2, 0.25) is 0 Å². The van der Waals surface area contributed by atoms with E-state index in [1.807, 2.05) is 12.1 Å². The minimum atomic E-state index is 0.121. The average molecular weight is 224 g/mol. The SMILES string of the molecule is COC(CN)CN(Cc1ccco1)C1CC1. The van der Waals surface area contributed by atoms with Crippen molar-refractivity contribution in [1.82, 2.24) is 4.90 Å². The second-order valence-corrected chi connectivity index (χ2v) is 4.33. The van der Waals surface area contributed by atoms with Crippen LogP contribution in [0.25, 0.3) is 0 Å². The summed E-state index contributed by atoms with van der Waals surface area (Å²) in [5.74, 6) is 1.01. The summed E-state index contributed by atoms with van der Waals surface area (Å²) in [5, 5.41) is 0. The summed E-state index contributed by atoms with van der Waals surface area (Å²) in [6, 6.07) is 4.63. The Hall–Kier alpha value is -0.840. The molecule has 1 aliphatic rings. The third-order valence-electron chi connectivity index (χ3n) is 3.04. The molecule has 4 nitrogen and oxygen atoms in total. The lowest BCUT2D eigenvalue weighted by Crippen LogP contribution is -2.38. The van der Waals surface area contributed by atoms with E-state index in [1.54, 1.807) is 13.4 Å². The minimum Gasteiger partial charge on any atom is -0.468 e. The zero-order chi connectivity index (χ0) is 11.4. The van der Waals surface area contributed by atoms with Crippen molar-refractivity contribution in [3.8, 4) is 0 Å². The molecule has 1 aliphatic carbocycles. The Bertz CT molecular complexity index is 292. The number of rotatable bonds is 7. The van der Waals surface area contributed by atoms with E-state index in [0.29, 0.717) is 12.6 Å². The molecular formula is C12H20N2O2. The summed E-state index contributed by atoms with van der Waals surface area (Å²) in [6.07, 6.45) is 4.40. The first-order valence-corrected chi connectivity index (χ1v) is 5.82. The van der Waals surface area contributed by atoms with E-state index in [1.165, 1.54) is 12.8 Å². The van der Waals surface area contributed by atoms with Gasteiger partial charge in [0.15, 0.2) is 0 Å². The molecule has 0 saturated heterocycles. The van der Waals surface area contributed by atoms with E-state index >= 15 is 0 Å². The van der Waals surface area contributed by atoms with Crippen molar-refractivity contribution in [1.29, 1.82) is 0 Å². The van der Waals surface area contributed by atoms with Gasteiger partial charge < -0.3 is 14.9 Å². The van der Waals surface area contributed by atoms with Crippen molar-refractivity contribution in [2.24, 2.45) is 5.73 Å². The zero-order valence-corrected chi connectivity index (χ0v) is 9.76. The normalized spacial score (nSPS) is 17.9. The maximum Gasteiger partial charge on any atom is 0.117 e. The van der Waals surface area contributed by atoms with Gasteiger partial charge in [-0.25, -0.2) is 0 Å². The predicted molar refractivity (Wildman–Crippen MR) is 62.0 cm³/mol. The van der Waals surface area contributed by atoms with Gasteiger partial charge in [-0.1, -0.05) is 0 Å². The van der Waals surface area contributed by atoms with Crippen molar-refractivity contribution >= 4 is 0 Å². The fourth-order valence-electron chi connectivity index (χ4n) is 1.89. The van der Waals surface area contributed by atoms with Crippen LogP contribution in [0.1, 0.15) is 18.6 Å². The molecule has 1 aromatic heterocycles. The predicted octanol–water partition coefficient (Wildman–Crippen LogP) is 1.22. The quantitative estimate of drug-likeness (QED) is 0.756. The van der Waals surface area contributed by atoms with Crippen LogP contribution >= 0.6 is 0 Å². The molecular weight excluding hydrogens is 204 g/mol. The minimum absolute atomic E-state index is 0.121. The molecule has 0 amide bonds. The molecule has 2 N–H and O–H groups in total. The largest absolute Gasteiger partial charge is 0.468 e. The molecule has 16 heavy (non-hydrogen) atoms. The number of methoxy groups -OCH3 is 1. The van der Waals surface area contributed by atoms with Gasteiger partial charge >= 0.3 is 0 Å². The van der Waals surface area contributed by atoms with E-state index < -0.39 is 0 Å². The average Bonchev–Trinajstić information content (AvgIpc) is 3.03. The van der Waals surface area contributed by atoms with Crippen molar-refractivity contribution in [3.63, 3.8) is 0 Å². The van der Waals surface area contributed by atoms with Crippen LogP contribution in [0.5, 0.6) is 0 Å². The molecule has 0 radical (unpaired) electrons. The molecule has 0 aliphatic heterocycles. The fourth-order valence-corrected chi connectivity index (χ4v) is 1.89. The van der Waals surface area contributed by atoms with Gasteiger partial charge in [0.25, 0.3) is 0 Å². The maximum atomic E-state index is 5.65. The Morgan fingerprint density at radius 2 is 2.44 bits per heavy atom. The number of nitrogens with two attached hydrogens (primary N) is 1. The Labute approximate surface area is 96.4 Å². The standard InChI is InChI=1S/C12H20N2O2/c1-15-12(7-13)9-14(10-4-5-10)8-11-3-2-6-16-11/h2-3,6,10,12H,4-5,7-9,13H2,1H3. The summed E-state index contributed by atoms with van der Waals surface area (Å²) >= 11 is 0. The Balaban J connectivity index is 1.89. The van der Waals surface area contributed by atoms with Crippen LogP contribution in [0, 0.1) is 0 Å². The summed E-state index contributed by atoms with van der Waals surface area (Å²) in [4.78, 5) is 2.40. The van der Waals surface area contributed by atoms with E-state index in [9.17, 15) is 0 Å². The smallest absolute Gasteiger partial charge is 0.117 e. The van der Waals surface area contributed by atoms with E-state index in [0.717, 1.165) is 18.8 Å². The molecule has 1 unspecified atom stereocenters. The molecule has 1 aromatic rings. The first-order chi connectivity index (χ1) is 7.83. The first kappa shape index (κ1) is 11.6. The number of ether oxygens (including phenoxy) is 1. The summed E-state index contributed by atoms with van der Waals surface area (Å²) in [7, 11) is 1.72. The monoisotopic (exact) mass is 224 g/mol. The Morgan fingerprint density at radius 1 is 1.62 bits per heavy atom. The van der Waals surface area contributed by atoms with Crippen molar-refractivity contribution in [2.45, 2.75) is 31.5 Å². The molecule has 0 spiro atoms. The summed E-state index contributed by atoms with van der Waals surface area (Å²) in [6.45, 7) is 2.31. The third kappa shape index (κ3) is 3.07. The molecule has 1 atom stereocenters. The molecule has 0 aromatic carbocycles. The third-order valence-corrected chi connectivity index (χ3v) is 3.04. The van der Waals surface area contributed by atoms with E-state index in [2.05, 4.69) is 4.90 Å². The molecule has 1 heterocycles. The molecule has 0 bridgehead atoms. The highest BCUT2D eigenvalue weighted by Gasteiger charge is 2.30. The lowest BCUT2D eigenvalue weighted by molar-refractivity contribution is 0.0618. The second kappa shape index (κ2) is 5.48. The molecule has 90 valence electrons. The summed E-state index contributed by atoms with van der Waals surface area (Å²) in [5.41, 5.74) is 5.65. The zero-order valence-electron chi connectivity index (χ0n) is 9.76.